The molecule has 3 aliphatic rings. The second-order valence-electron chi connectivity index (χ2n) is 13.0. The maximum atomic E-state index is 15.4. The number of halogens is 2. The van der Waals surface area contributed by atoms with Gasteiger partial charge in [-0.3, -0.25) is 4.79 Å². The number of carbonyl (C=O) groups is 1. The van der Waals surface area contributed by atoms with Crippen molar-refractivity contribution in [1.29, 1.82) is 0 Å². The third-order valence-electron chi connectivity index (χ3n) is 9.14. The Morgan fingerprint density at radius 1 is 1.05 bits per heavy atom. The van der Waals surface area contributed by atoms with Crippen LogP contribution >= 0.6 is 0 Å². The Morgan fingerprint density at radius 3 is 2.45 bits per heavy atom. The number of carbonyl (C=O) groups excluding carboxylic acids is 1. The van der Waals surface area contributed by atoms with Crippen molar-refractivity contribution in [1.82, 2.24) is 15.1 Å². The number of anilines is 1. The van der Waals surface area contributed by atoms with Crippen LogP contribution in [0, 0.1) is 25.5 Å². The van der Waals surface area contributed by atoms with Crippen molar-refractivity contribution in [2.24, 2.45) is 5.10 Å². The van der Waals surface area contributed by atoms with E-state index in [0.717, 1.165) is 42.6 Å². The Hall–Kier alpha value is -3.60. The van der Waals surface area contributed by atoms with Crippen LogP contribution in [0.1, 0.15) is 48.0 Å². The van der Waals surface area contributed by atoms with Gasteiger partial charge in [-0.25, -0.2) is 13.8 Å². The number of ether oxygens (including phenoxy) is 1. The quantitative estimate of drug-likeness (QED) is 0.424. The second kappa shape index (κ2) is 11.4. The van der Waals surface area contributed by atoms with Crippen molar-refractivity contribution in [3.8, 4) is 0 Å². The van der Waals surface area contributed by atoms with Crippen LogP contribution in [0.15, 0.2) is 58.0 Å². The first-order valence-electron chi connectivity index (χ1n) is 15.3. The SMILES string of the molecule is CCc1ccc(C2C(c3ccc(F)cc3F)=NN(c3ccc(C)cc3C)C2(C)C(=O)NCC2CN(C)CC3(CN(C)C3)O2)o1. The summed E-state index contributed by atoms with van der Waals surface area (Å²) < 4.78 is 42.3. The Balaban J connectivity index is 1.41. The zero-order chi connectivity index (χ0) is 31.4. The van der Waals surface area contributed by atoms with Crippen LogP contribution in [0.2, 0.25) is 0 Å². The molecule has 10 heteroatoms. The number of likely N-dealkylation sites (tertiary alicyclic amines) is 1. The van der Waals surface area contributed by atoms with Gasteiger partial charge < -0.3 is 24.3 Å². The molecule has 3 aromatic rings. The van der Waals surface area contributed by atoms with Crippen molar-refractivity contribution >= 4 is 17.3 Å². The molecule has 3 aliphatic heterocycles. The van der Waals surface area contributed by atoms with Gasteiger partial charge in [-0.2, -0.15) is 5.10 Å². The number of hydrogen-bond acceptors (Lipinski definition) is 7. The summed E-state index contributed by atoms with van der Waals surface area (Å²) >= 11 is 0. The van der Waals surface area contributed by atoms with Crippen LogP contribution in [0.3, 0.4) is 0 Å². The van der Waals surface area contributed by atoms with Crippen molar-refractivity contribution in [2.75, 3.05) is 51.8 Å². The van der Waals surface area contributed by atoms with Gasteiger partial charge in [0.25, 0.3) is 0 Å². The monoisotopic (exact) mass is 605 g/mol. The van der Waals surface area contributed by atoms with Gasteiger partial charge in [-0.15, -0.1) is 0 Å². The summed E-state index contributed by atoms with van der Waals surface area (Å²) in [5.74, 6) is -1.32. The molecule has 8 nitrogen and oxygen atoms in total. The van der Waals surface area contributed by atoms with Gasteiger partial charge in [-0.1, -0.05) is 24.6 Å². The van der Waals surface area contributed by atoms with E-state index in [1.165, 1.54) is 12.1 Å². The maximum Gasteiger partial charge on any atom is 0.249 e. The Labute approximate surface area is 257 Å². The second-order valence-corrected chi connectivity index (χ2v) is 13.0. The highest BCUT2D eigenvalue weighted by atomic mass is 19.1. The van der Waals surface area contributed by atoms with Crippen LogP contribution in [-0.2, 0) is 16.0 Å². The van der Waals surface area contributed by atoms with Gasteiger partial charge in [0.15, 0.2) is 5.54 Å². The third-order valence-corrected chi connectivity index (χ3v) is 9.14. The van der Waals surface area contributed by atoms with Crippen molar-refractivity contribution in [3.05, 3.63) is 88.4 Å². The number of hydrazone groups is 1. The van der Waals surface area contributed by atoms with Gasteiger partial charge in [0.1, 0.15) is 28.8 Å². The highest BCUT2D eigenvalue weighted by Gasteiger charge is 2.57. The van der Waals surface area contributed by atoms with Crippen molar-refractivity contribution < 1.29 is 22.7 Å². The summed E-state index contributed by atoms with van der Waals surface area (Å²) in [6.07, 6.45) is 0.451. The fourth-order valence-corrected chi connectivity index (χ4v) is 7.23. The van der Waals surface area contributed by atoms with Gasteiger partial charge in [0, 0.05) is 50.8 Å². The number of hydrogen-bond donors (Lipinski definition) is 1. The number of benzene rings is 2. The zero-order valence-electron chi connectivity index (χ0n) is 26.3. The molecule has 3 unspecified atom stereocenters. The van der Waals surface area contributed by atoms with E-state index in [2.05, 4.69) is 29.2 Å². The largest absolute Gasteiger partial charge is 0.465 e. The number of aryl methyl sites for hydroxylation is 3. The minimum Gasteiger partial charge on any atom is -0.465 e. The molecular formula is C34H41F2N5O3. The van der Waals surface area contributed by atoms with Gasteiger partial charge in [0.05, 0.1) is 23.4 Å². The zero-order valence-corrected chi connectivity index (χ0v) is 26.3. The van der Waals surface area contributed by atoms with E-state index in [9.17, 15) is 9.18 Å². The lowest BCUT2D eigenvalue weighted by Crippen LogP contribution is -2.71. The minimum absolute atomic E-state index is 0.116. The van der Waals surface area contributed by atoms with E-state index < -0.39 is 23.1 Å². The number of likely N-dealkylation sites (N-methyl/N-ethyl adjacent to an activating group) is 2. The van der Waals surface area contributed by atoms with E-state index in [1.807, 2.05) is 58.0 Å². The summed E-state index contributed by atoms with van der Waals surface area (Å²) in [5, 5.41) is 9.83. The average Bonchev–Trinajstić information content (AvgIpc) is 3.53. The van der Waals surface area contributed by atoms with Crippen LogP contribution in [0.4, 0.5) is 14.5 Å². The Bertz CT molecular complexity index is 1600. The average molecular weight is 606 g/mol. The fraction of sp³-hybridized carbons (Fsp3) is 0.471. The molecule has 1 aromatic heterocycles. The topological polar surface area (TPSA) is 73.6 Å². The molecule has 1 amide bonds. The van der Waals surface area contributed by atoms with E-state index in [1.54, 1.807) is 5.01 Å². The molecule has 2 fully saturated rings. The fourth-order valence-electron chi connectivity index (χ4n) is 7.23. The predicted molar refractivity (Wildman–Crippen MR) is 166 cm³/mol. The van der Waals surface area contributed by atoms with Crippen molar-refractivity contribution in [2.45, 2.75) is 57.3 Å². The molecule has 0 radical (unpaired) electrons. The molecule has 3 atom stereocenters. The summed E-state index contributed by atoms with van der Waals surface area (Å²) in [6.45, 7) is 11.3. The first-order chi connectivity index (χ1) is 20.9. The first kappa shape index (κ1) is 30.4. The van der Waals surface area contributed by atoms with Gasteiger partial charge in [0.2, 0.25) is 5.91 Å². The Morgan fingerprint density at radius 2 is 1.80 bits per heavy atom. The van der Waals surface area contributed by atoms with Gasteiger partial charge in [-0.05, 0) is 70.8 Å². The molecule has 234 valence electrons. The molecule has 44 heavy (non-hydrogen) atoms. The lowest BCUT2D eigenvalue weighted by molar-refractivity contribution is -0.206. The normalized spacial score (nSPS) is 25.3. The number of morpholine rings is 1. The number of rotatable bonds is 7. The number of nitrogens with one attached hydrogen (secondary N) is 1. The summed E-state index contributed by atoms with van der Waals surface area (Å²) in [6, 6.07) is 13.0. The molecule has 4 heterocycles. The molecule has 2 saturated heterocycles. The number of amides is 1. The van der Waals surface area contributed by atoms with Crippen molar-refractivity contribution in [3.63, 3.8) is 0 Å². The first-order valence-corrected chi connectivity index (χ1v) is 15.3. The van der Waals surface area contributed by atoms with Crippen LogP contribution in [-0.4, -0.2) is 85.5 Å². The molecule has 1 spiro atoms. The lowest BCUT2D eigenvalue weighted by Gasteiger charge is -2.54. The van der Waals surface area contributed by atoms with Crippen LogP contribution in [0.25, 0.3) is 0 Å². The molecule has 1 N–H and O–H groups in total. The molecule has 2 aromatic carbocycles. The number of furan rings is 1. The summed E-state index contributed by atoms with van der Waals surface area (Å²) in [4.78, 5) is 19.1. The van der Waals surface area contributed by atoms with E-state index in [-0.39, 0.29) is 23.2 Å². The summed E-state index contributed by atoms with van der Waals surface area (Å²) in [7, 11) is 4.15. The molecular weight excluding hydrogens is 564 g/mol. The molecule has 6 rings (SSSR count). The van der Waals surface area contributed by atoms with Crippen LogP contribution < -0.4 is 10.3 Å². The van der Waals surface area contributed by atoms with Gasteiger partial charge >= 0.3 is 0 Å². The molecule has 0 bridgehead atoms. The Kier molecular flexibility index (Phi) is 7.88. The lowest BCUT2D eigenvalue weighted by atomic mass is 9.78. The van der Waals surface area contributed by atoms with E-state index >= 15 is 4.39 Å². The standard InChI is InChI=1S/C34H41F2N5O3/c1-7-24-10-13-29(43-24)30-31(26-11-9-23(35)15-27(26)36)38-41(28-12-8-21(2)14-22(28)3)33(30,4)32(42)37-16-25-17-39(5)18-34(44-25)19-40(6)20-34/h8-15,25,30H,7,16-20H2,1-6H3,(H,37,42). The molecule has 0 saturated carbocycles. The van der Waals surface area contributed by atoms with E-state index in [0.29, 0.717) is 36.7 Å². The minimum atomic E-state index is -1.37. The highest BCUT2D eigenvalue weighted by molar-refractivity contribution is 6.13. The maximum absolute atomic E-state index is 15.4. The molecule has 0 aliphatic carbocycles. The number of nitrogens with zero attached hydrogens (tertiary/aromatic N) is 4. The summed E-state index contributed by atoms with van der Waals surface area (Å²) in [5.41, 5.74) is 1.50. The predicted octanol–water partition coefficient (Wildman–Crippen LogP) is 4.63. The third kappa shape index (κ3) is 5.33. The van der Waals surface area contributed by atoms with E-state index in [4.69, 9.17) is 14.3 Å². The highest BCUT2D eigenvalue weighted by Crippen LogP contribution is 2.46. The smallest absolute Gasteiger partial charge is 0.249 e. The van der Waals surface area contributed by atoms with Crippen LogP contribution in [0.5, 0.6) is 0 Å².